The topological polar surface area (TPSA) is 12.0 Å². The summed E-state index contributed by atoms with van der Waals surface area (Å²) in [5.74, 6) is 0.523. The first-order valence-electron chi connectivity index (χ1n) is 6.93. The highest BCUT2D eigenvalue weighted by atomic mass is 14.9. The molecule has 0 aliphatic rings. The third-order valence-electron chi connectivity index (χ3n) is 3.52. The average Bonchev–Trinajstić information content (AvgIpc) is 2.34. The summed E-state index contributed by atoms with van der Waals surface area (Å²) in [4.78, 5) is 0. The Hall–Kier alpha value is -1.76. The second kappa shape index (κ2) is 5.48. The van der Waals surface area contributed by atoms with Gasteiger partial charge in [-0.1, -0.05) is 49.7 Å². The Bertz CT molecular complexity index is 559. The van der Waals surface area contributed by atoms with Crippen molar-refractivity contribution in [2.45, 2.75) is 40.5 Å². The van der Waals surface area contributed by atoms with Crippen LogP contribution in [0.15, 0.2) is 36.4 Å². The molecule has 100 valence electrons. The van der Waals surface area contributed by atoms with Gasteiger partial charge in [0.2, 0.25) is 0 Å². The van der Waals surface area contributed by atoms with Crippen molar-refractivity contribution in [3.05, 3.63) is 58.7 Å². The molecule has 1 N–H and O–H groups in total. The van der Waals surface area contributed by atoms with Crippen LogP contribution in [-0.4, -0.2) is 0 Å². The van der Waals surface area contributed by atoms with Gasteiger partial charge in [0.15, 0.2) is 0 Å². The Kier molecular flexibility index (Phi) is 3.94. The molecule has 2 aromatic carbocycles. The zero-order valence-corrected chi connectivity index (χ0v) is 12.5. The number of rotatable bonds is 3. The molecule has 0 aromatic heterocycles. The number of para-hydroxylation sites is 1. The summed E-state index contributed by atoms with van der Waals surface area (Å²) in [5, 5.41) is 3.62. The molecule has 0 fully saturated rings. The van der Waals surface area contributed by atoms with Gasteiger partial charge in [0.1, 0.15) is 0 Å². The molecule has 0 saturated carbocycles. The lowest BCUT2D eigenvalue weighted by molar-refractivity contribution is 0.869. The van der Waals surface area contributed by atoms with Crippen molar-refractivity contribution in [1.29, 1.82) is 0 Å². The van der Waals surface area contributed by atoms with E-state index in [0.717, 1.165) is 0 Å². The van der Waals surface area contributed by atoms with Crippen molar-refractivity contribution in [2.75, 3.05) is 5.32 Å². The zero-order chi connectivity index (χ0) is 14.0. The van der Waals surface area contributed by atoms with Crippen LogP contribution >= 0.6 is 0 Å². The summed E-state index contributed by atoms with van der Waals surface area (Å²) < 4.78 is 0. The molecule has 0 saturated heterocycles. The van der Waals surface area contributed by atoms with Crippen molar-refractivity contribution in [3.8, 4) is 0 Å². The van der Waals surface area contributed by atoms with Crippen molar-refractivity contribution in [1.82, 2.24) is 0 Å². The van der Waals surface area contributed by atoms with Gasteiger partial charge in [0, 0.05) is 11.4 Å². The van der Waals surface area contributed by atoms with Gasteiger partial charge in [-0.2, -0.15) is 0 Å². The first-order chi connectivity index (χ1) is 8.99. The predicted octanol–water partition coefficient (Wildman–Crippen LogP) is 5.48. The largest absolute Gasteiger partial charge is 0.355 e. The van der Waals surface area contributed by atoms with Crippen molar-refractivity contribution in [3.63, 3.8) is 0 Å². The highest BCUT2D eigenvalue weighted by molar-refractivity contribution is 5.69. The molecular formula is C18H23N. The van der Waals surface area contributed by atoms with Crippen LogP contribution in [0.4, 0.5) is 11.4 Å². The van der Waals surface area contributed by atoms with Gasteiger partial charge < -0.3 is 5.32 Å². The van der Waals surface area contributed by atoms with Gasteiger partial charge in [-0.25, -0.2) is 0 Å². The first-order valence-corrected chi connectivity index (χ1v) is 6.93. The number of benzene rings is 2. The summed E-state index contributed by atoms with van der Waals surface area (Å²) in [7, 11) is 0. The molecule has 0 aliphatic carbocycles. The molecule has 0 amide bonds. The minimum Gasteiger partial charge on any atom is -0.355 e. The van der Waals surface area contributed by atoms with Crippen LogP contribution < -0.4 is 5.32 Å². The van der Waals surface area contributed by atoms with Crippen molar-refractivity contribution >= 4 is 11.4 Å². The smallest absolute Gasteiger partial charge is 0.0443 e. The standard InChI is InChI=1S/C18H23N/c1-12(2)16-8-6-7-9-17(16)19-18-14(4)10-13(3)11-15(18)5/h6-12,19H,1-5H3. The SMILES string of the molecule is Cc1cc(C)c(Nc2ccccc2C(C)C)c(C)c1. The van der Waals surface area contributed by atoms with Crippen LogP contribution in [0.3, 0.4) is 0 Å². The normalized spacial score (nSPS) is 10.8. The van der Waals surface area contributed by atoms with Crippen molar-refractivity contribution < 1.29 is 0 Å². The van der Waals surface area contributed by atoms with Crippen LogP contribution in [0.1, 0.15) is 42.0 Å². The number of aryl methyl sites for hydroxylation is 3. The van der Waals surface area contributed by atoms with Gasteiger partial charge in [-0.05, 0) is 49.4 Å². The number of nitrogens with one attached hydrogen (secondary N) is 1. The molecule has 0 aliphatic heterocycles. The maximum Gasteiger partial charge on any atom is 0.0443 e. The summed E-state index contributed by atoms with van der Waals surface area (Å²) >= 11 is 0. The fraction of sp³-hybridized carbons (Fsp3) is 0.333. The Morgan fingerprint density at radius 2 is 1.47 bits per heavy atom. The molecule has 0 unspecified atom stereocenters. The van der Waals surface area contributed by atoms with Gasteiger partial charge in [0.05, 0.1) is 0 Å². The van der Waals surface area contributed by atoms with Crippen LogP contribution in [0.5, 0.6) is 0 Å². The van der Waals surface area contributed by atoms with Crippen molar-refractivity contribution in [2.24, 2.45) is 0 Å². The molecule has 0 atom stereocenters. The summed E-state index contributed by atoms with van der Waals surface area (Å²) in [6.07, 6.45) is 0. The lowest BCUT2D eigenvalue weighted by atomic mass is 10.00. The maximum absolute atomic E-state index is 3.62. The number of anilines is 2. The predicted molar refractivity (Wildman–Crippen MR) is 84.5 cm³/mol. The lowest BCUT2D eigenvalue weighted by Gasteiger charge is -2.18. The first kappa shape index (κ1) is 13.7. The Balaban J connectivity index is 2.42. The molecule has 1 heteroatoms. The van der Waals surface area contributed by atoms with Crippen LogP contribution in [0, 0.1) is 20.8 Å². The Labute approximate surface area is 116 Å². The monoisotopic (exact) mass is 253 g/mol. The number of hydrogen-bond donors (Lipinski definition) is 1. The molecule has 0 radical (unpaired) electrons. The maximum atomic E-state index is 3.62. The third-order valence-corrected chi connectivity index (χ3v) is 3.52. The average molecular weight is 253 g/mol. The van der Waals surface area contributed by atoms with E-state index >= 15 is 0 Å². The Morgan fingerprint density at radius 3 is 2.05 bits per heavy atom. The van der Waals surface area contributed by atoms with Gasteiger partial charge in [-0.15, -0.1) is 0 Å². The van der Waals surface area contributed by atoms with Gasteiger partial charge in [0.25, 0.3) is 0 Å². The van der Waals surface area contributed by atoms with E-state index in [0.29, 0.717) is 5.92 Å². The van der Waals surface area contributed by atoms with Gasteiger partial charge >= 0.3 is 0 Å². The van der Waals surface area contributed by atoms with E-state index in [-0.39, 0.29) is 0 Å². The lowest BCUT2D eigenvalue weighted by Crippen LogP contribution is -2.01. The van der Waals surface area contributed by atoms with Gasteiger partial charge in [-0.3, -0.25) is 0 Å². The number of hydrogen-bond acceptors (Lipinski definition) is 1. The molecule has 0 spiro atoms. The molecular weight excluding hydrogens is 230 g/mol. The van der Waals surface area contributed by atoms with Crippen LogP contribution in [0.2, 0.25) is 0 Å². The minimum absolute atomic E-state index is 0.523. The Morgan fingerprint density at radius 1 is 0.895 bits per heavy atom. The highest BCUT2D eigenvalue weighted by Gasteiger charge is 2.09. The van der Waals surface area contributed by atoms with E-state index in [4.69, 9.17) is 0 Å². The third kappa shape index (κ3) is 2.98. The fourth-order valence-electron chi connectivity index (χ4n) is 2.63. The molecule has 0 heterocycles. The zero-order valence-electron chi connectivity index (χ0n) is 12.5. The quantitative estimate of drug-likeness (QED) is 0.763. The fourth-order valence-corrected chi connectivity index (χ4v) is 2.63. The minimum atomic E-state index is 0.523. The second-order valence-electron chi connectivity index (χ2n) is 5.64. The summed E-state index contributed by atoms with van der Waals surface area (Å²) in [5.41, 5.74) is 7.73. The van der Waals surface area contributed by atoms with E-state index < -0.39 is 0 Å². The molecule has 0 bridgehead atoms. The van der Waals surface area contributed by atoms with E-state index in [2.05, 4.69) is 76.3 Å². The van der Waals surface area contributed by atoms with E-state index in [1.807, 2.05) is 0 Å². The summed E-state index contributed by atoms with van der Waals surface area (Å²) in [6, 6.07) is 13.0. The molecule has 1 nitrogen and oxygen atoms in total. The molecule has 2 aromatic rings. The van der Waals surface area contributed by atoms with Crippen LogP contribution in [-0.2, 0) is 0 Å². The van der Waals surface area contributed by atoms with E-state index in [1.54, 1.807) is 0 Å². The summed E-state index contributed by atoms with van der Waals surface area (Å²) in [6.45, 7) is 10.9. The van der Waals surface area contributed by atoms with E-state index in [9.17, 15) is 0 Å². The highest BCUT2D eigenvalue weighted by Crippen LogP contribution is 2.30. The molecule has 19 heavy (non-hydrogen) atoms. The van der Waals surface area contributed by atoms with E-state index in [1.165, 1.54) is 33.6 Å². The molecule has 2 rings (SSSR count). The second-order valence-corrected chi connectivity index (χ2v) is 5.64. The van der Waals surface area contributed by atoms with Crippen LogP contribution in [0.25, 0.3) is 0 Å².